The van der Waals surface area contributed by atoms with Gasteiger partial charge in [0, 0.05) is 12.9 Å². The van der Waals surface area contributed by atoms with Crippen molar-refractivity contribution in [1.29, 1.82) is 0 Å². The van der Waals surface area contributed by atoms with E-state index in [9.17, 15) is 0 Å². The SMILES string of the molecule is COCCSc1cn[nH]n1. The van der Waals surface area contributed by atoms with Crippen LogP contribution in [0.25, 0.3) is 0 Å². The molecule has 0 spiro atoms. The first kappa shape index (κ1) is 7.56. The van der Waals surface area contributed by atoms with Gasteiger partial charge in [0.1, 0.15) is 5.03 Å². The zero-order valence-electron chi connectivity index (χ0n) is 5.70. The molecule has 56 valence electrons. The number of hydrogen-bond acceptors (Lipinski definition) is 4. The van der Waals surface area contributed by atoms with Crippen LogP contribution >= 0.6 is 11.8 Å². The molecule has 1 aromatic heterocycles. The molecule has 0 aromatic carbocycles. The zero-order valence-corrected chi connectivity index (χ0v) is 6.52. The normalized spacial score (nSPS) is 10.1. The van der Waals surface area contributed by atoms with Crippen molar-refractivity contribution >= 4 is 11.8 Å². The van der Waals surface area contributed by atoms with Crippen molar-refractivity contribution in [3.63, 3.8) is 0 Å². The minimum atomic E-state index is 0.748. The van der Waals surface area contributed by atoms with Gasteiger partial charge in [0.25, 0.3) is 0 Å². The van der Waals surface area contributed by atoms with Gasteiger partial charge in [-0.2, -0.15) is 10.3 Å². The van der Waals surface area contributed by atoms with Crippen LogP contribution in [-0.4, -0.2) is 34.9 Å². The number of H-pyrrole nitrogens is 1. The lowest BCUT2D eigenvalue weighted by Crippen LogP contribution is -1.90. The van der Waals surface area contributed by atoms with E-state index in [1.165, 1.54) is 0 Å². The monoisotopic (exact) mass is 159 g/mol. The summed E-state index contributed by atoms with van der Waals surface area (Å²) in [5.74, 6) is 0.920. The Morgan fingerprint density at radius 2 is 2.70 bits per heavy atom. The van der Waals surface area contributed by atoms with Gasteiger partial charge in [-0.1, -0.05) is 0 Å². The first-order valence-electron chi connectivity index (χ1n) is 2.91. The molecule has 1 aromatic rings. The van der Waals surface area contributed by atoms with Gasteiger partial charge in [0.15, 0.2) is 0 Å². The third-order valence-electron chi connectivity index (χ3n) is 0.930. The summed E-state index contributed by atoms with van der Waals surface area (Å²) in [6.07, 6.45) is 1.69. The Kier molecular flexibility index (Phi) is 3.25. The van der Waals surface area contributed by atoms with Gasteiger partial charge in [-0.25, -0.2) is 0 Å². The first-order valence-corrected chi connectivity index (χ1v) is 3.89. The molecule has 0 unspecified atom stereocenters. The molecule has 0 fully saturated rings. The summed E-state index contributed by atoms with van der Waals surface area (Å²) in [7, 11) is 1.68. The van der Waals surface area contributed by atoms with Crippen molar-refractivity contribution in [3.8, 4) is 0 Å². The van der Waals surface area contributed by atoms with Crippen LogP contribution in [0.2, 0.25) is 0 Å². The molecule has 0 amide bonds. The summed E-state index contributed by atoms with van der Waals surface area (Å²) in [5, 5.41) is 11.0. The molecule has 5 heteroatoms. The summed E-state index contributed by atoms with van der Waals surface area (Å²) >= 11 is 1.62. The van der Waals surface area contributed by atoms with E-state index >= 15 is 0 Å². The predicted molar refractivity (Wildman–Crippen MR) is 39.0 cm³/mol. The zero-order chi connectivity index (χ0) is 7.23. The molecule has 1 N–H and O–H groups in total. The molecule has 1 rings (SSSR count). The van der Waals surface area contributed by atoms with Crippen molar-refractivity contribution < 1.29 is 4.74 Å². The third kappa shape index (κ3) is 2.36. The molecular formula is C5H9N3OS. The van der Waals surface area contributed by atoms with E-state index in [0.717, 1.165) is 17.4 Å². The Bertz CT molecular complexity index is 165. The minimum Gasteiger partial charge on any atom is -0.384 e. The minimum absolute atomic E-state index is 0.748. The van der Waals surface area contributed by atoms with E-state index in [1.54, 1.807) is 25.1 Å². The van der Waals surface area contributed by atoms with Crippen molar-refractivity contribution in [2.75, 3.05) is 19.5 Å². The summed E-state index contributed by atoms with van der Waals surface area (Å²) in [6, 6.07) is 0. The van der Waals surface area contributed by atoms with E-state index < -0.39 is 0 Å². The molecule has 0 atom stereocenters. The summed E-state index contributed by atoms with van der Waals surface area (Å²) in [4.78, 5) is 0. The number of ether oxygens (including phenoxy) is 1. The predicted octanol–water partition coefficient (Wildman–Crippen LogP) is 0.543. The highest BCUT2D eigenvalue weighted by atomic mass is 32.2. The number of aromatic amines is 1. The molecule has 0 aliphatic rings. The van der Waals surface area contributed by atoms with Crippen LogP contribution < -0.4 is 0 Å². The second-order valence-electron chi connectivity index (χ2n) is 1.65. The van der Waals surface area contributed by atoms with Crippen LogP contribution in [0.15, 0.2) is 11.2 Å². The van der Waals surface area contributed by atoms with E-state index in [-0.39, 0.29) is 0 Å². The standard InChI is InChI=1S/C5H9N3OS/c1-9-2-3-10-5-4-6-8-7-5/h4H,2-3H2,1H3,(H,6,7,8). The number of aromatic nitrogens is 3. The lowest BCUT2D eigenvalue weighted by molar-refractivity contribution is 0.218. The van der Waals surface area contributed by atoms with Gasteiger partial charge in [0.05, 0.1) is 12.8 Å². The average Bonchev–Trinajstić information content (AvgIpc) is 2.41. The van der Waals surface area contributed by atoms with Gasteiger partial charge in [-0.15, -0.1) is 16.9 Å². The largest absolute Gasteiger partial charge is 0.384 e. The second-order valence-corrected chi connectivity index (χ2v) is 2.76. The topological polar surface area (TPSA) is 50.8 Å². The molecule has 0 bridgehead atoms. The third-order valence-corrected chi connectivity index (χ3v) is 1.79. The first-order chi connectivity index (χ1) is 4.93. The maximum Gasteiger partial charge on any atom is 0.138 e. The Labute approximate surface area is 63.3 Å². The average molecular weight is 159 g/mol. The maximum absolute atomic E-state index is 4.86. The Balaban J connectivity index is 2.15. The Morgan fingerprint density at radius 3 is 3.30 bits per heavy atom. The van der Waals surface area contributed by atoms with Crippen LogP contribution in [0, 0.1) is 0 Å². The molecule has 0 saturated carbocycles. The van der Waals surface area contributed by atoms with Gasteiger partial charge < -0.3 is 4.74 Å². The number of thioether (sulfide) groups is 1. The van der Waals surface area contributed by atoms with Crippen molar-refractivity contribution in [1.82, 2.24) is 15.4 Å². The highest BCUT2D eigenvalue weighted by Crippen LogP contribution is 2.10. The quantitative estimate of drug-likeness (QED) is 0.514. The van der Waals surface area contributed by atoms with Crippen molar-refractivity contribution in [2.45, 2.75) is 5.03 Å². The van der Waals surface area contributed by atoms with E-state index in [1.807, 2.05) is 0 Å². The molecule has 10 heavy (non-hydrogen) atoms. The fourth-order valence-corrected chi connectivity index (χ4v) is 1.18. The number of nitrogens with zero attached hydrogens (tertiary/aromatic N) is 2. The van der Waals surface area contributed by atoms with E-state index in [2.05, 4.69) is 15.4 Å². The molecule has 4 nitrogen and oxygen atoms in total. The molecule has 1 heterocycles. The fraction of sp³-hybridized carbons (Fsp3) is 0.600. The second kappa shape index (κ2) is 4.29. The highest BCUT2D eigenvalue weighted by molar-refractivity contribution is 7.99. The van der Waals surface area contributed by atoms with Crippen molar-refractivity contribution in [2.24, 2.45) is 0 Å². The summed E-state index contributed by atoms with van der Waals surface area (Å²) < 4.78 is 4.86. The summed E-state index contributed by atoms with van der Waals surface area (Å²) in [6.45, 7) is 0.748. The van der Waals surface area contributed by atoms with Crippen LogP contribution in [0.3, 0.4) is 0 Å². The number of nitrogens with one attached hydrogen (secondary N) is 1. The Hall–Kier alpha value is -0.550. The number of methoxy groups -OCH3 is 1. The van der Waals surface area contributed by atoms with Crippen LogP contribution in [0.4, 0.5) is 0 Å². The van der Waals surface area contributed by atoms with Gasteiger partial charge in [0.2, 0.25) is 0 Å². The summed E-state index contributed by atoms with van der Waals surface area (Å²) in [5.41, 5.74) is 0. The Morgan fingerprint density at radius 1 is 1.80 bits per heavy atom. The molecular weight excluding hydrogens is 150 g/mol. The lowest BCUT2D eigenvalue weighted by atomic mass is 10.9. The van der Waals surface area contributed by atoms with E-state index in [0.29, 0.717) is 0 Å². The number of rotatable bonds is 4. The lowest BCUT2D eigenvalue weighted by Gasteiger charge is -1.93. The van der Waals surface area contributed by atoms with Crippen LogP contribution in [-0.2, 0) is 4.74 Å². The smallest absolute Gasteiger partial charge is 0.138 e. The molecule has 0 saturated heterocycles. The maximum atomic E-state index is 4.86. The van der Waals surface area contributed by atoms with Gasteiger partial charge in [-0.05, 0) is 0 Å². The number of hydrogen-bond donors (Lipinski definition) is 1. The highest BCUT2D eigenvalue weighted by Gasteiger charge is 1.93. The van der Waals surface area contributed by atoms with Crippen molar-refractivity contribution in [3.05, 3.63) is 6.20 Å². The van der Waals surface area contributed by atoms with Crippen LogP contribution in [0.1, 0.15) is 0 Å². The van der Waals surface area contributed by atoms with Crippen LogP contribution in [0.5, 0.6) is 0 Å². The van der Waals surface area contributed by atoms with Gasteiger partial charge in [-0.3, -0.25) is 0 Å². The molecule has 0 aliphatic heterocycles. The van der Waals surface area contributed by atoms with E-state index in [4.69, 9.17) is 4.74 Å². The molecule has 0 aliphatic carbocycles. The fourth-order valence-electron chi connectivity index (χ4n) is 0.490. The van der Waals surface area contributed by atoms with Gasteiger partial charge >= 0.3 is 0 Å². The molecule has 0 radical (unpaired) electrons.